The summed E-state index contributed by atoms with van der Waals surface area (Å²) >= 11 is 0. The van der Waals surface area contributed by atoms with E-state index >= 15 is 0 Å². The zero-order chi connectivity index (χ0) is 21.9. The smallest absolute Gasteiger partial charge is 0.132 e. The molecule has 0 atom stereocenters. The first-order chi connectivity index (χ1) is 15.2. The minimum atomic E-state index is -0.140. The normalized spacial score (nSPS) is 18.9. The van der Waals surface area contributed by atoms with E-state index in [-0.39, 0.29) is 5.82 Å². The lowest BCUT2D eigenvalue weighted by atomic mass is 9.77. The Morgan fingerprint density at radius 2 is 1.58 bits per heavy atom. The highest BCUT2D eigenvalue weighted by molar-refractivity contribution is 5.60. The van der Waals surface area contributed by atoms with Gasteiger partial charge in [-0.2, -0.15) is 0 Å². The Bertz CT molecular complexity index is 759. The van der Waals surface area contributed by atoms with Crippen LogP contribution in [-0.4, -0.2) is 4.98 Å². The standard InChI is InChI=1S/C29H42FN/c1-3-5-7-8-10-12-24-15-19-27(28(30)21-24)29-20-18-26(22-31-29)25-16-13-23(14-17-25)11-9-6-4-2/h15,18-23,25H,3-14,16-17H2,1-2H3/t23-,25-. The maximum atomic E-state index is 14.8. The van der Waals surface area contributed by atoms with Gasteiger partial charge >= 0.3 is 0 Å². The second-order valence-corrected chi connectivity index (χ2v) is 9.67. The maximum absolute atomic E-state index is 14.8. The monoisotopic (exact) mass is 423 g/mol. The van der Waals surface area contributed by atoms with Gasteiger partial charge in [0.05, 0.1) is 5.69 Å². The number of hydrogen-bond donors (Lipinski definition) is 0. The van der Waals surface area contributed by atoms with Gasteiger partial charge in [0.15, 0.2) is 0 Å². The highest BCUT2D eigenvalue weighted by atomic mass is 19.1. The van der Waals surface area contributed by atoms with E-state index in [2.05, 4.69) is 31.0 Å². The fourth-order valence-corrected chi connectivity index (χ4v) is 5.13. The van der Waals surface area contributed by atoms with Gasteiger partial charge < -0.3 is 0 Å². The number of aryl methyl sites for hydroxylation is 1. The van der Waals surface area contributed by atoms with Gasteiger partial charge in [-0.3, -0.25) is 4.98 Å². The molecular formula is C29H42FN. The fourth-order valence-electron chi connectivity index (χ4n) is 5.13. The van der Waals surface area contributed by atoms with Gasteiger partial charge in [0.25, 0.3) is 0 Å². The molecule has 1 nitrogen and oxygen atoms in total. The highest BCUT2D eigenvalue weighted by Crippen LogP contribution is 2.38. The number of benzene rings is 1. The average molecular weight is 424 g/mol. The topological polar surface area (TPSA) is 12.9 Å². The van der Waals surface area contributed by atoms with Gasteiger partial charge in [0, 0.05) is 11.8 Å². The summed E-state index contributed by atoms with van der Waals surface area (Å²) < 4.78 is 14.8. The number of rotatable bonds is 12. The molecule has 0 spiro atoms. The lowest BCUT2D eigenvalue weighted by molar-refractivity contribution is 0.302. The molecule has 0 unspecified atom stereocenters. The Hall–Kier alpha value is -1.70. The molecular weight excluding hydrogens is 381 g/mol. The minimum absolute atomic E-state index is 0.140. The molecule has 1 heterocycles. The molecule has 0 aliphatic heterocycles. The molecule has 0 bridgehead atoms. The lowest BCUT2D eigenvalue weighted by Gasteiger charge is -2.28. The van der Waals surface area contributed by atoms with Crippen molar-refractivity contribution >= 4 is 0 Å². The van der Waals surface area contributed by atoms with Gasteiger partial charge in [-0.05, 0) is 79.7 Å². The second-order valence-electron chi connectivity index (χ2n) is 9.67. The number of unbranched alkanes of at least 4 members (excludes halogenated alkanes) is 6. The molecule has 2 heteroatoms. The molecule has 0 amide bonds. The minimum Gasteiger partial charge on any atom is -0.256 e. The van der Waals surface area contributed by atoms with Crippen LogP contribution in [0.4, 0.5) is 4.39 Å². The zero-order valence-corrected chi connectivity index (χ0v) is 19.8. The lowest BCUT2D eigenvalue weighted by Crippen LogP contribution is -2.13. The van der Waals surface area contributed by atoms with Crippen LogP contribution in [0.3, 0.4) is 0 Å². The Balaban J connectivity index is 1.52. The second kappa shape index (κ2) is 13.0. The SMILES string of the molecule is CCCCCCCc1ccc(-c2ccc([C@H]3CC[C@H](CCCCC)CC3)cn2)c(F)c1. The predicted octanol–water partition coefficient (Wildman–Crippen LogP) is 9.25. The van der Waals surface area contributed by atoms with Crippen LogP contribution in [0, 0.1) is 11.7 Å². The molecule has 1 aromatic heterocycles. The Kier molecular flexibility index (Phi) is 10.0. The van der Waals surface area contributed by atoms with Gasteiger partial charge in [0.2, 0.25) is 0 Å². The van der Waals surface area contributed by atoms with Crippen LogP contribution in [0.5, 0.6) is 0 Å². The summed E-state index contributed by atoms with van der Waals surface area (Å²) in [7, 11) is 0. The Morgan fingerprint density at radius 1 is 0.839 bits per heavy atom. The number of nitrogens with zero attached hydrogens (tertiary/aromatic N) is 1. The van der Waals surface area contributed by atoms with Gasteiger partial charge in [0.1, 0.15) is 5.82 Å². The molecule has 3 rings (SSSR count). The van der Waals surface area contributed by atoms with Crippen molar-refractivity contribution in [3.63, 3.8) is 0 Å². The summed E-state index contributed by atoms with van der Waals surface area (Å²) in [5.74, 6) is 1.41. The predicted molar refractivity (Wildman–Crippen MR) is 131 cm³/mol. The molecule has 0 radical (unpaired) electrons. The molecule has 31 heavy (non-hydrogen) atoms. The molecule has 0 N–H and O–H groups in total. The van der Waals surface area contributed by atoms with Gasteiger partial charge in [-0.1, -0.05) is 77.3 Å². The molecule has 2 aromatic rings. The highest BCUT2D eigenvalue weighted by Gasteiger charge is 2.22. The van der Waals surface area contributed by atoms with Crippen molar-refractivity contribution in [2.24, 2.45) is 5.92 Å². The van der Waals surface area contributed by atoms with Crippen LogP contribution < -0.4 is 0 Å². The first-order valence-corrected chi connectivity index (χ1v) is 13.0. The van der Waals surface area contributed by atoms with E-state index in [0.717, 1.165) is 30.0 Å². The van der Waals surface area contributed by atoms with E-state index in [0.29, 0.717) is 11.5 Å². The first-order valence-electron chi connectivity index (χ1n) is 13.0. The van der Waals surface area contributed by atoms with Crippen molar-refractivity contribution in [1.82, 2.24) is 4.98 Å². The van der Waals surface area contributed by atoms with Crippen LogP contribution in [0.1, 0.15) is 114 Å². The molecule has 1 aliphatic rings. The summed E-state index contributed by atoms with van der Waals surface area (Å²) in [6.07, 6.45) is 19.9. The third kappa shape index (κ3) is 7.44. The van der Waals surface area contributed by atoms with Crippen LogP contribution >= 0.6 is 0 Å². The van der Waals surface area contributed by atoms with Crippen LogP contribution in [-0.2, 0) is 6.42 Å². The Morgan fingerprint density at radius 3 is 2.26 bits per heavy atom. The third-order valence-corrected chi connectivity index (χ3v) is 7.20. The van der Waals surface area contributed by atoms with E-state index in [9.17, 15) is 4.39 Å². The zero-order valence-electron chi connectivity index (χ0n) is 19.8. The number of hydrogen-bond acceptors (Lipinski definition) is 1. The van der Waals surface area contributed by atoms with E-state index < -0.39 is 0 Å². The molecule has 1 aliphatic carbocycles. The van der Waals surface area contributed by atoms with E-state index in [1.807, 2.05) is 18.3 Å². The fraction of sp³-hybridized carbons (Fsp3) is 0.621. The molecule has 1 fully saturated rings. The third-order valence-electron chi connectivity index (χ3n) is 7.20. The first kappa shape index (κ1) is 24.0. The molecule has 1 aromatic carbocycles. The summed E-state index contributed by atoms with van der Waals surface area (Å²) in [6, 6.07) is 9.91. The van der Waals surface area contributed by atoms with E-state index in [4.69, 9.17) is 0 Å². The largest absolute Gasteiger partial charge is 0.256 e. The summed E-state index contributed by atoms with van der Waals surface area (Å²) in [5, 5.41) is 0. The Labute approximate surface area is 189 Å². The van der Waals surface area contributed by atoms with Gasteiger partial charge in [-0.15, -0.1) is 0 Å². The van der Waals surface area contributed by atoms with Gasteiger partial charge in [-0.25, -0.2) is 4.39 Å². The van der Waals surface area contributed by atoms with Crippen molar-refractivity contribution in [2.75, 3.05) is 0 Å². The van der Waals surface area contributed by atoms with Crippen molar-refractivity contribution in [3.8, 4) is 11.3 Å². The number of pyridine rings is 1. The van der Waals surface area contributed by atoms with E-state index in [1.165, 1.54) is 82.6 Å². The van der Waals surface area contributed by atoms with E-state index in [1.54, 1.807) is 6.07 Å². The van der Waals surface area contributed by atoms with Crippen LogP contribution in [0.15, 0.2) is 36.5 Å². The van der Waals surface area contributed by atoms with Crippen LogP contribution in [0.2, 0.25) is 0 Å². The van der Waals surface area contributed by atoms with Crippen molar-refractivity contribution in [2.45, 2.75) is 110 Å². The molecule has 170 valence electrons. The number of halogens is 1. The number of aromatic nitrogens is 1. The van der Waals surface area contributed by atoms with Crippen molar-refractivity contribution < 1.29 is 4.39 Å². The molecule has 0 saturated heterocycles. The summed E-state index contributed by atoms with van der Waals surface area (Å²) in [4.78, 5) is 4.65. The average Bonchev–Trinajstić information content (AvgIpc) is 2.80. The molecule has 1 saturated carbocycles. The van der Waals surface area contributed by atoms with Crippen molar-refractivity contribution in [1.29, 1.82) is 0 Å². The summed E-state index contributed by atoms with van der Waals surface area (Å²) in [6.45, 7) is 4.51. The summed E-state index contributed by atoms with van der Waals surface area (Å²) in [5.41, 5.74) is 3.81. The quantitative estimate of drug-likeness (QED) is 0.310. The van der Waals surface area contributed by atoms with Crippen LogP contribution in [0.25, 0.3) is 11.3 Å². The maximum Gasteiger partial charge on any atom is 0.132 e. The van der Waals surface area contributed by atoms with Crippen molar-refractivity contribution in [3.05, 3.63) is 53.5 Å².